The lowest BCUT2D eigenvalue weighted by Gasteiger charge is -2.31. The minimum atomic E-state index is 0.0341. The number of nitrogens with zero attached hydrogens (tertiary/aromatic N) is 1. The van der Waals surface area contributed by atoms with E-state index in [1.165, 1.54) is 0 Å². The van der Waals surface area contributed by atoms with Crippen LogP contribution in [-0.2, 0) is 4.79 Å². The minimum absolute atomic E-state index is 0.0341. The Labute approximate surface area is 103 Å². The number of hydrogen-bond donors (Lipinski definition) is 2. The van der Waals surface area contributed by atoms with E-state index in [1.807, 2.05) is 18.2 Å². The fraction of sp³-hybridized carbons (Fsp3) is 0.364. The molecule has 0 bridgehead atoms. The number of halogens is 1. The van der Waals surface area contributed by atoms with Crippen molar-refractivity contribution in [2.24, 2.45) is 5.73 Å². The average molecular weight is 284 g/mol. The first-order chi connectivity index (χ1) is 7.70. The smallest absolute Gasteiger partial charge is 0.243 e. The van der Waals surface area contributed by atoms with Gasteiger partial charge in [-0.05, 0) is 31.2 Å². The summed E-state index contributed by atoms with van der Waals surface area (Å²) >= 11 is 3.44. The molecule has 0 saturated carbocycles. The zero-order valence-corrected chi connectivity index (χ0v) is 10.5. The molecule has 1 amide bonds. The first kappa shape index (κ1) is 11.4. The van der Waals surface area contributed by atoms with Crippen molar-refractivity contribution in [3.05, 3.63) is 22.7 Å². The Morgan fingerprint density at radius 1 is 1.50 bits per heavy atom. The fourth-order valence-corrected chi connectivity index (χ4v) is 2.15. The Morgan fingerprint density at radius 2 is 2.31 bits per heavy atom. The zero-order chi connectivity index (χ0) is 11.5. The molecule has 1 aromatic carbocycles. The fourth-order valence-electron chi connectivity index (χ4n) is 1.80. The first-order valence-corrected chi connectivity index (χ1v) is 6.04. The van der Waals surface area contributed by atoms with Gasteiger partial charge in [-0.25, -0.2) is 0 Å². The molecule has 0 saturated heterocycles. The number of nitrogens with one attached hydrogen (secondary N) is 1. The highest BCUT2D eigenvalue weighted by atomic mass is 79.9. The van der Waals surface area contributed by atoms with Gasteiger partial charge in [-0.2, -0.15) is 0 Å². The van der Waals surface area contributed by atoms with Gasteiger partial charge in [0.25, 0.3) is 0 Å². The monoisotopic (exact) mass is 283 g/mol. The van der Waals surface area contributed by atoms with Crippen molar-refractivity contribution in [3.63, 3.8) is 0 Å². The standard InChI is InChI=1S/C11H14BrN3O/c12-8-2-3-9-10(6-8)15(5-1-4-13)7-11(16)14-9/h2-3,6H,1,4-5,7,13H2,(H,14,16). The number of carbonyl (C=O) groups excluding carboxylic acids is 1. The summed E-state index contributed by atoms with van der Waals surface area (Å²) in [6, 6.07) is 5.85. The molecule has 0 aromatic heterocycles. The highest BCUT2D eigenvalue weighted by Gasteiger charge is 2.21. The van der Waals surface area contributed by atoms with Crippen LogP contribution < -0.4 is 16.0 Å². The third kappa shape index (κ3) is 2.36. The van der Waals surface area contributed by atoms with E-state index in [-0.39, 0.29) is 5.91 Å². The van der Waals surface area contributed by atoms with Crippen molar-refractivity contribution in [3.8, 4) is 0 Å². The second-order valence-electron chi connectivity index (χ2n) is 3.77. The van der Waals surface area contributed by atoms with Crippen LogP contribution in [-0.4, -0.2) is 25.5 Å². The van der Waals surface area contributed by atoms with Gasteiger partial charge >= 0.3 is 0 Å². The van der Waals surface area contributed by atoms with Gasteiger partial charge in [-0.15, -0.1) is 0 Å². The average Bonchev–Trinajstić information content (AvgIpc) is 2.26. The molecule has 1 aromatic rings. The second-order valence-corrected chi connectivity index (χ2v) is 4.69. The predicted molar refractivity (Wildman–Crippen MR) is 68.7 cm³/mol. The summed E-state index contributed by atoms with van der Waals surface area (Å²) in [6.45, 7) is 1.86. The Kier molecular flexibility index (Phi) is 3.46. The van der Waals surface area contributed by atoms with Crippen molar-refractivity contribution >= 4 is 33.2 Å². The Balaban J connectivity index is 2.28. The van der Waals surface area contributed by atoms with Crippen molar-refractivity contribution in [2.75, 3.05) is 29.9 Å². The molecule has 1 aliphatic rings. The number of hydrogen-bond acceptors (Lipinski definition) is 3. The van der Waals surface area contributed by atoms with Crippen LogP contribution in [0.1, 0.15) is 6.42 Å². The SMILES string of the molecule is NCCCN1CC(=O)Nc2ccc(Br)cc21. The Morgan fingerprint density at radius 3 is 3.06 bits per heavy atom. The Bertz CT molecular complexity index is 408. The van der Waals surface area contributed by atoms with Crippen molar-refractivity contribution in [1.29, 1.82) is 0 Å². The molecule has 1 aliphatic heterocycles. The lowest BCUT2D eigenvalue weighted by Crippen LogP contribution is -2.39. The maximum Gasteiger partial charge on any atom is 0.243 e. The van der Waals surface area contributed by atoms with E-state index >= 15 is 0 Å². The molecule has 86 valence electrons. The lowest BCUT2D eigenvalue weighted by molar-refractivity contribution is -0.115. The topological polar surface area (TPSA) is 58.4 Å². The summed E-state index contributed by atoms with van der Waals surface area (Å²) in [5.41, 5.74) is 7.42. The van der Waals surface area contributed by atoms with Crippen LogP contribution in [0.25, 0.3) is 0 Å². The Hall–Kier alpha value is -1.07. The summed E-state index contributed by atoms with van der Waals surface area (Å²) in [7, 11) is 0. The van der Waals surface area contributed by atoms with Crippen LogP contribution in [0.2, 0.25) is 0 Å². The highest BCUT2D eigenvalue weighted by Crippen LogP contribution is 2.32. The van der Waals surface area contributed by atoms with Crippen LogP contribution in [0, 0.1) is 0 Å². The third-order valence-corrected chi connectivity index (χ3v) is 3.03. The van der Waals surface area contributed by atoms with Gasteiger partial charge in [0.2, 0.25) is 5.91 Å². The second kappa shape index (κ2) is 4.84. The van der Waals surface area contributed by atoms with Gasteiger partial charge in [0.1, 0.15) is 0 Å². The molecule has 0 fully saturated rings. The molecule has 0 atom stereocenters. The predicted octanol–water partition coefficient (Wildman–Crippen LogP) is 1.56. The van der Waals surface area contributed by atoms with Crippen molar-refractivity contribution in [2.45, 2.75) is 6.42 Å². The van der Waals surface area contributed by atoms with Gasteiger partial charge in [-0.3, -0.25) is 4.79 Å². The van der Waals surface area contributed by atoms with Crippen LogP contribution in [0.5, 0.6) is 0 Å². The first-order valence-electron chi connectivity index (χ1n) is 5.25. The number of rotatable bonds is 3. The third-order valence-electron chi connectivity index (χ3n) is 2.54. The number of carbonyl (C=O) groups is 1. The molecule has 3 N–H and O–H groups in total. The van der Waals surface area contributed by atoms with E-state index < -0.39 is 0 Å². The molecule has 0 unspecified atom stereocenters. The molecule has 5 heteroatoms. The maximum absolute atomic E-state index is 11.5. The molecule has 1 heterocycles. The summed E-state index contributed by atoms with van der Waals surface area (Å²) in [5.74, 6) is 0.0341. The molecule has 4 nitrogen and oxygen atoms in total. The quantitative estimate of drug-likeness (QED) is 0.885. The molecule has 0 spiro atoms. The van der Waals surface area contributed by atoms with Crippen molar-refractivity contribution in [1.82, 2.24) is 0 Å². The van der Waals surface area contributed by atoms with Gasteiger partial charge < -0.3 is 16.0 Å². The summed E-state index contributed by atoms with van der Waals surface area (Å²) < 4.78 is 1.01. The molecule has 0 aliphatic carbocycles. The maximum atomic E-state index is 11.5. The molecule has 16 heavy (non-hydrogen) atoms. The van der Waals surface area contributed by atoms with Crippen LogP contribution in [0.3, 0.4) is 0 Å². The van der Waals surface area contributed by atoms with Crippen LogP contribution >= 0.6 is 15.9 Å². The minimum Gasteiger partial charge on any atom is -0.360 e. The number of amides is 1. The van der Waals surface area contributed by atoms with E-state index in [4.69, 9.17) is 5.73 Å². The van der Waals surface area contributed by atoms with E-state index in [2.05, 4.69) is 26.1 Å². The number of benzene rings is 1. The van der Waals surface area contributed by atoms with Crippen LogP contribution in [0.15, 0.2) is 22.7 Å². The summed E-state index contributed by atoms with van der Waals surface area (Å²) in [6.07, 6.45) is 0.888. The molecular weight excluding hydrogens is 270 g/mol. The number of nitrogens with two attached hydrogens (primary N) is 1. The number of anilines is 2. The molecule has 0 radical (unpaired) electrons. The van der Waals surface area contributed by atoms with Gasteiger partial charge in [0.05, 0.1) is 17.9 Å². The van der Waals surface area contributed by atoms with Gasteiger partial charge in [0.15, 0.2) is 0 Å². The van der Waals surface area contributed by atoms with E-state index in [0.29, 0.717) is 13.1 Å². The highest BCUT2D eigenvalue weighted by molar-refractivity contribution is 9.10. The van der Waals surface area contributed by atoms with E-state index in [0.717, 1.165) is 28.8 Å². The van der Waals surface area contributed by atoms with Gasteiger partial charge in [-0.1, -0.05) is 15.9 Å². The van der Waals surface area contributed by atoms with Gasteiger partial charge in [0, 0.05) is 11.0 Å². The summed E-state index contributed by atoms with van der Waals surface area (Å²) in [5, 5.41) is 2.86. The van der Waals surface area contributed by atoms with Crippen LogP contribution in [0.4, 0.5) is 11.4 Å². The van der Waals surface area contributed by atoms with Crippen molar-refractivity contribution < 1.29 is 4.79 Å². The zero-order valence-electron chi connectivity index (χ0n) is 8.87. The van der Waals surface area contributed by atoms with E-state index in [9.17, 15) is 4.79 Å². The molecular formula is C11H14BrN3O. The van der Waals surface area contributed by atoms with E-state index in [1.54, 1.807) is 0 Å². The summed E-state index contributed by atoms with van der Waals surface area (Å²) in [4.78, 5) is 13.5. The lowest BCUT2D eigenvalue weighted by atomic mass is 10.2. The molecule has 2 rings (SSSR count). The largest absolute Gasteiger partial charge is 0.360 e. The normalized spacial score (nSPS) is 14.6. The number of fused-ring (bicyclic) bond motifs is 1.